The summed E-state index contributed by atoms with van der Waals surface area (Å²) >= 11 is 1.14. The summed E-state index contributed by atoms with van der Waals surface area (Å²) in [6.45, 7) is 2.42. The van der Waals surface area contributed by atoms with Gasteiger partial charge in [-0.1, -0.05) is 18.2 Å². The van der Waals surface area contributed by atoms with Gasteiger partial charge < -0.3 is 4.74 Å². The average Bonchev–Trinajstić information content (AvgIpc) is 2.96. The van der Waals surface area contributed by atoms with Gasteiger partial charge in [-0.15, -0.1) is 11.3 Å². The normalized spacial score (nSPS) is 11.7. The largest absolute Gasteiger partial charge is 0.493 e. The van der Waals surface area contributed by atoms with E-state index in [1.807, 2.05) is 19.1 Å². The molecule has 5 nitrogen and oxygen atoms in total. The molecule has 0 amide bonds. The molecule has 0 spiro atoms. The first kappa shape index (κ1) is 14.5. The van der Waals surface area contributed by atoms with Gasteiger partial charge in [0.05, 0.1) is 12.8 Å². The Bertz CT molecular complexity index is 679. The maximum absolute atomic E-state index is 11.8. The Morgan fingerprint density at radius 1 is 1.30 bits per heavy atom. The second kappa shape index (κ2) is 6.53. The molecule has 1 N–H and O–H groups in total. The predicted octanol–water partition coefficient (Wildman–Crippen LogP) is 2.46. The van der Waals surface area contributed by atoms with Gasteiger partial charge in [-0.05, 0) is 30.5 Å². The number of ether oxygens (including phenoxy) is 1. The second-order valence-electron chi connectivity index (χ2n) is 3.76. The average molecular weight is 310 g/mol. The SMILES string of the molecule is CCOc1ccccc1/C=N/NS(=O)(=O)c1cccs1. The van der Waals surface area contributed by atoms with E-state index >= 15 is 0 Å². The molecule has 1 heterocycles. The van der Waals surface area contributed by atoms with Crippen LogP contribution in [0.1, 0.15) is 12.5 Å². The standard InChI is InChI=1S/C13H14N2O3S2/c1-2-18-12-7-4-3-6-11(12)10-14-15-20(16,17)13-8-5-9-19-13/h3-10,15H,2H2,1H3/b14-10+. The lowest BCUT2D eigenvalue weighted by Gasteiger charge is -2.06. The van der Waals surface area contributed by atoms with E-state index in [1.54, 1.807) is 23.6 Å². The highest BCUT2D eigenvalue weighted by Crippen LogP contribution is 2.17. The van der Waals surface area contributed by atoms with Gasteiger partial charge >= 0.3 is 0 Å². The minimum absolute atomic E-state index is 0.229. The van der Waals surface area contributed by atoms with Gasteiger partial charge in [0, 0.05) is 5.56 Å². The van der Waals surface area contributed by atoms with Gasteiger partial charge in [0.1, 0.15) is 9.96 Å². The summed E-state index contributed by atoms with van der Waals surface area (Å²) in [5.41, 5.74) is 0.711. The van der Waals surface area contributed by atoms with E-state index in [0.717, 1.165) is 11.3 Å². The van der Waals surface area contributed by atoms with Crippen LogP contribution in [-0.2, 0) is 10.0 Å². The quantitative estimate of drug-likeness (QED) is 0.658. The third kappa shape index (κ3) is 3.58. The van der Waals surface area contributed by atoms with Crippen LogP contribution in [0.25, 0.3) is 0 Å². The van der Waals surface area contributed by atoms with E-state index in [4.69, 9.17) is 4.74 Å². The van der Waals surface area contributed by atoms with Crippen molar-refractivity contribution in [3.63, 3.8) is 0 Å². The number of benzene rings is 1. The highest BCUT2D eigenvalue weighted by molar-refractivity contribution is 7.91. The summed E-state index contributed by atoms with van der Waals surface area (Å²) in [5.74, 6) is 0.661. The summed E-state index contributed by atoms with van der Waals surface area (Å²) in [7, 11) is -3.58. The fraction of sp³-hybridized carbons (Fsp3) is 0.154. The zero-order valence-corrected chi connectivity index (χ0v) is 12.4. The summed E-state index contributed by atoms with van der Waals surface area (Å²) in [6.07, 6.45) is 1.43. The molecule has 0 aliphatic heterocycles. The van der Waals surface area contributed by atoms with Crippen LogP contribution < -0.4 is 9.57 Å². The molecule has 2 aromatic rings. The van der Waals surface area contributed by atoms with Crippen LogP contribution in [0, 0.1) is 0 Å². The molecule has 20 heavy (non-hydrogen) atoms. The molecule has 0 saturated heterocycles. The molecule has 0 aliphatic carbocycles. The van der Waals surface area contributed by atoms with E-state index < -0.39 is 10.0 Å². The highest BCUT2D eigenvalue weighted by Gasteiger charge is 2.13. The molecule has 0 bridgehead atoms. The van der Waals surface area contributed by atoms with Crippen molar-refractivity contribution in [3.8, 4) is 5.75 Å². The Hall–Kier alpha value is -1.86. The van der Waals surface area contributed by atoms with E-state index in [2.05, 4.69) is 9.93 Å². The van der Waals surface area contributed by atoms with Crippen LogP contribution in [0.4, 0.5) is 0 Å². The molecule has 0 unspecified atom stereocenters. The third-order valence-corrected chi connectivity index (χ3v) is 4.98. The minimum atomic E-state index is -3.58. The molecule has 0 aliphatic rings. The Morgan fingerprint density at radius 3 is 2.80 bits per heavy atom. The zero-order valence-electron chi connectivity index (χ0n) is 10.8. The van der Waals surface area contributed by atoms with Crippen LogP contribution in [0.5, 0.6) is 5.75 Å². The summed E-state index contributed by atoms with van der Waals surface area (Å²) in [4.78, 5) is 2.18. The molecule has 2 rings (SSSR count). The van der Waals surface area contributed by atoms with Crippen LogP contribution in [0.15, 0.2) is 51.1 Å². The number of hydrazone groups is 1. The van der Waals surface area contributed by atoms with Gasteiger partial charge in [0.15, 0.2) is 0 Å². The van der Waals surface area contributed by atoms with Crippen LogP contribution in [0.2, 0.25) is 0 Å². The third-order valence-electron chi connectivity index (χ3n) is 2.36. The molecule has 1 aromatic carbocycles. The van der Waals surface area contributed by atoms with Gasteiger partial charge in [-0.2, -0.15) is 18.4 Å². The molecule has 106 valence electrons. The molecular weight excluding hydrogens is 296 g/mol. The molecule has 0 atom stereocenters. The van der Waals surface area contributed by atoms with E-state index in [0.29, 0.717) is 17.9 Å². The molecule has 1 aromatic heterocycles. The van der Waals surface area contributed by atoms with E-state index in [9.17, 15) is 8.42 Å². The Labute approximate surface area is 122 Å². The van der Waals surface area contributed by atoms with E-state index in [1.165, 1.54) is 12.3 Å². The lowest BCUT2D eigenvalue weighted by molar-refractivity contribution is 0.340. The monoisotopic (exact) mass is 310 g/mol. The first-order valence-corrected chi connectivity index (χ1v) is 8.30. The Balaban J connectivity index is 2.11. The smallest absolute Gasteiger partial charge is 0.286 e. The number of rotatable bonds is 6. The number of nitrogens with one attached hydrogen (secondary N) is 1. The van der Waals surface area contributed by atoms with Crippen molar-refractivity contribution in [2.75, 3.05) is 6.61 Å². The van der Waals surface area contributed by atoms with Gasteiger partial charge in [0.25, 0.3) is 10.0 Å². The topological polar surface area (TPSA) is 67.8 Å². The summed E-state index contributed by atoms with van der Waals surface area (Å²) in [5, 5.41) is 5.47. The van der Waals surface area contributed by atoms with Crippen molar-refractivity contribution < 1.29 is 13.2 Å². The van der Waals surface area contributed by atoms with Crippen LogP contribution >= 0.6 is 11.3 Å². The first-order valence-electron chi connectivity index (χ1n) is 5.93. The van der Waals surface area contributed by atoms with E-state index in [-0.39, 0.29) is 4.21 Å². The van der Waals surface area contributed by atoms with Gasteiger partial charge in [-0.25, -0.2) is 0 Å². The van der Waals surface area contributed by atoms with Crippen molar-refractivity contribution in [2.24, 2.45) is 5.10 Å². The van der Waals surface area contributed by atoms with Crippen molar-refractivity contribution in [1.29, 1.82) is 0 Å². The molecular formula is C13H14N2O3S2. The Morgan fingerprint density at radius 2 is 2.10 bits per heavy atom. The van der Waals surface area contributed by atoms with Crippen LogP contribution in [-0.4, -0.2) is 21.2 Å². The number of nitrogens with zero attached hydrogens (tertiary/aromatic N) is 1. The number of thiophene rings is 1. The summed E-state index contributed by atoms with van der Waals surface area (Å²) < 4.78 is 29.4. The van der Waals surface area contributed by atoms with Gasteiger partial charge in [0.2, 0.25) is 0 Å². The van der Waals surface area contributed by atoms with Crippen molar-refractivity contribution >= 4 is 27.6 Å². The van der Waals surface area contributed by atoms with Crippen molar-refractivity contribution in [3.05, 3.63) is 47.3 Å². The molecule has 0 fully saturated rings. The summed E-state index contributed by atoms with van der Waals surface area (Å²) in [6, 6.07) is 10.5. The number of hydrogen-bond donors (Lipinski definition) is 1. The number of hydrogen-bond acceptors (Lipinski definition) is 5. The fourth-order valence-electron chi connectivity index (χ4n) is 1.50. The maximum atomic E-state index is 11.8. The number of para-hydroxylation sites is 1. The molecule has 0 saturated carbocycles. The van der Waals surface area contributed by atoms with Crippen LogP contribution in [0.3, 0.4) is 0 Å². The Kier molecular flexibility index (Phi) is 4.75. The first-order chi connectivity index (χ1) is 9.63. The fourth-order valence-corrected chi connectivity index (χ4v) is 3.27. The molecule has 0 radical (unpaired) electrons. The lowest BCUT2D eigenvalue weighted by Crippen LogP contribution is -2.17. The minimum Gasteiger partial charge on any atom is -0.493 e. The van der Waals surface area contributed by atoms with Gasteiger partial charge in [-0.3, -0.25) is 0 Å². The lowest BCUT2D eigenvalue weighted by atomic mass is 10.2. The predicted molar refractivity (Wildman–Crippen MR) is 79.8 cm³/mol. The van der Waals surface area contributed by atoms with Crippen molar-refractivity contribution in [2.45, 2.75) is 11.1 Å². The van der Waals surface area contributed by atoms with Crippen molar-refractivity contribution in [1.82, 2.24) is 4.83 Å². The maximum Gasteiger partial charge on any atom is 0.286 e. The second-order valence-corrected chi connectivity index (χ2v) is 6.59. The zero-order chi connectivity index (χ0) is 14.4. The highest BCUT2D eigenvalue weighted by atomic mass is 32.2. The number of sulfonamides is 1. The molecule has 7 heteroatoms.